The summed E-state index contributed by atoms with van der Waals surface area (Å²) in [6.07, 6.45) is 1.58. The Balaban J connectivity index is 2.06. The molecule has 0 atom stereocenters. The van der Waals surface area contributed by atoms with E-state index < -0.39 is 4.92 Å². The molecule has 0 fully saturated rings. The molecule has 1 aromatic carbocycles. The predicted molar refractivity (Wildman–Crippen MR) is 79.0 cm³/mol. The van der Waals surface area contributed by atoms with Gasteiger partial charge in [0.15, 0.2) is 5.69 Å². The van der Waals surface area contributed by atoms with Crippen molar-refractivity contribution in [3.8, 4) is 5.69 Å². The third-order valence-corrected chi connectivity index (χ3v) is 2.86. The van der Waals surface area contributed by atoms with Gasteiger partial charge in [-0.3, -0.25) is 14.9 Å². The standard InChI is InChI=1S/C14H16N4O4/c1-2-22-9-7-15-14(19)13-6-8-17(16-13)11-4-3-5-12(10-11)18(20)21/h3-6,8,10H,2,7,9H2,1H3,(H,15,19). The van der Waals surface area contributed by atoms with Gasteiger partial charge < -0.3 is 10.1 Å². The Morgan fingerprint density at radius 1 is 1.45 bits per heavy atom. The molecular formula is C14H16N4O4. The van der Waals surface area contributed by atoms with Gasteiger partial charge in [-0.25, -0.2) is 4.68 Å². The Morgan fingerprint density at radius 2 is 2.27 bits per heavy atom. The van der Waals surface area contributed by atoms with Crippen LogP contribution in [0.5, 0.6) is 0 Å². The van der Waals surface area contributed by atoms with Gasteiger partial charge >= 0.3 is 0 Å². The van der Waals surface area contributed by atoms with Crippen molar-refractivity contribution in [3.63, 3.8) is 0 Å². The highest BCUT2D eigenvalue weighted by atomic mass is 16.6. The Labute approximate surface area is 126 Å². The fourth-order valence-electron chi connectivity index (χ4n) is 1.81. The summed E-state index contributed by atoms with van der Waals surface area (Å²) in [4.78, 5) is 22.2. The fourth-order valence-corrected chi connectivity index (χ4v) is 1.81. The number of nitrogens with one attached hydrogen (secondary N) is 1. The molecule has 8 nitrogen and oxygen atoms in total. The number of hydrogen-bond acceptors (Lipinski definition) is 5. The summed E-state index contributed by atoms with van der Waals surface area (Å²) in [5.74, 6) is -0.316. The first-order valence-electron chi connectivity index (χ1n) is 6.78. The molecule has 2 rings (SSSR count). The highest BCUT2D eigenvalue weighted by molar-refractivity contribution is 5.92. The summed E-state index contributed by atoms with van der Waals surface area (Å²) in [6.45, 7) is 3.31. The Bertz CT molecular complexity index is 668. The second-order valence-electron chi connectivity index (χ2n) is 4.38. The number of nitrogens with zero attached hydrogens (tertiary/aromatic N) is 3. The molecule has 1 amide bonds. The van der Waals surface area contributed by atoms with E-state index in [0.717, 1.165) is 0 Å². The zero-order valence-corrected chi connectivity index (χ0v) is 12.1. The van der Waals surface area contributed by atoms with Gasteiger partial charge in [-0.1, -0.05) is 6.07 Å². The van der Waals surface area contributed by atoms with Crippen LogP contribution < -0.4 is 5.32 Å². The lowest BCUT2D eigenvalue weighted by Crippen LogP contribution is -2.27. The molecule has 0 bridgehead atoms. The van der Waals surface area contributed by atoms with Crippen LogP contribution in [-0.4, -0.2) is 40.4 Å². The molecule has 0 spiro atoms. The van der Waals surface area contributed by atoms with Crippen molar-refractivity contribution in [2.24, 2.45) is 0 Å². The minimum Gasteiger partial charge on any atom is -0.380 e. The smallest absolute Gasteiger partial charge is 0.271 e. The van der Waals surface area contributed by atoms with Crippen molar-refractivity contribution in [2.45, 2.75) is 6.92 Å². The molecule has 0 saturated carbocycles. The van der Waals surface area contributed by atoms with Gasteiger partial charge in [0.2, 0.25) is 0 Å². The third kappa shape index (κ3) is 3.89. The number of nitro benzene ring substituents is 1. The number of rotatable bonds is 7. The Hall–Kier alpha value is -2.74. The van der Waals surface area contributed by atoms with Gasteiger partial charge in [0, 0.05) is 31.5 Å². The molecule has 1 N–H and O–H groups in total. The number of amides is 1. The van der Waals surface area contributed by atoms with Crippen molar-refractivity contribution in [1.29, 1.82) is 0 Å². The molecule has 1 heterocycles. The van der Waals surface area contributed by atoms with Crippen LogP contribution in [0.4, 0.5) is 5.69 Å². The van der Waals surface area contributed by atoms with Gasteiger partial charge in [0.25, 0.3) is 11.6 Å². The first-order chi connectivity index (χ1) is 10.6. The fraction of sp³-hybridized carbons (Fsp3) is 0.286. The van der Waals surface area contributed by atoms with Crippen molar-refractivity contribution < 1.29 is 14.5 Å². The highest BCUT2D eigenvalue weighted by Crippen LogP contribution is 2.16. The van der Waals surface area contributed by atoms with E-state index in [1.165, 1.54) is 16.8 Å². The second-order valence-corrected chi connectivity index (χ2v) is 4.38. The van der Waals surface area contributed by atoms with Gasteiger partial charge in [-0.2, -0.15) is 5.10 Å². The molecule has 0 aliphatic heterocycles. The van der Waals surface area contributed by atoms with E-state index in [9.17, 15) is 14.9 Å². The SMILES string of the molecule is CCOCCNC(=O)c1ccn(-c2cccc([N+](=O)[O-])c2)n1. The lowest BCUT2D eigenvalue weighted by molar-refractivity contribution is -0.384. The maximum atomic E-state index is 11.9. The third-order valence-electron chi connectivity index (χ3n) is 2.86. The van der Waals surface area contributed by atoms with Crippen LogP contribution in [-0.2, 0) is 4.74 Å². The maximum Gasteiger partial charge on any atom is 0.271 e. The topological polar surface area (TPSA) is 99.3 Å². The molecule has 2 aromatic rings. The van der Waals surface area contributed by atoms with Crippen molar-refractivity contribution >= 4 is 11.6 Å². The lowest BCUT2D eigenvalue weighted by Gasteiger charge is -2.03. The largest absolute Gasteiger partial charge is 0.380 e. The molecule has 22 heavy (non-hydrogen) atoms. The van der Waals surface area contributed by atoms with Crippen LogP contribution in [0, 0.1) is 10.1 Å². The quantitative estimate of drug-likeness (QED) is 0.475. The summed E-state index contributed by atoms with van der Waals surface area (Å²) in [5, 5.41) is 17.6. The average molecular weight is 304 g/mol. The van der Waals surface area contributed by atoms with Crippen molar-refractivity contribution in [1.82, 2.24) is 15.1 Å². The number of non-ortho nitro benzene ring substituents is 1. The van der Waals surface area contributed by atoms with Gasteiger partial charge in [-0.05, 0) is 19.1 Å². The number of carbonyl (C=O) groups is 1. The van der Waals surface area contributed by atoms with Crippen LogP contribution in [0.3, 0.4) is 0 Å². The van der Waals surface area contributed by atoms with Gasteiger partial charge in [0.05, 0.1) is 17.2 Å². The van der Waals surface area contributed by atoms with Gasteiger partial charge in [0.1, 0.15) is 0 Å². The number of benzene rings is 1. The maximum absolute atomic E-state index is 11.9. The number of nitro groups is 1. The predicted octanol–water partition coefficient (Wildman–Crippen LogP) is 1.55. The van der Waals surface area contributed by atoms with E-state index in [-0.39, 0.29) is 17.3 Å². The van der Waals surface area contributed by atoms with E-state index >= 15 is 0 Å². The molecule has 0 saturated heterocycles. The van der Waals surface area contributed by atoms with Crippen LogP contribution in [0.15, 0.2) is 36.5 Å². The van der Waals surface area contributed by atoms with Crippen molar-refractivity contribution in [2.75, 3.05) is 19.8 Å². The molecule has 0 unspecified atom stereocenters. The number of hydrogen-bond donors (Lipinski definition) is 1. The van der Waals surface area contributed by atoms with Gasteiger partial charge in [-0.15, -0.1) is 0 Å². The van der Waals surface area contributed by atoms with E-state index in [1.54, 1.807) is 24.4 Å². The van der Waals surface area contributed by atoms with E-state index in [2.05, 4.69) is 10.4 Å². The van der Waals surface area contributed by atoms with E-state index in [1.807, 2.05) is 6.92 Å². The monoisotopic (exact) mass is 304 g/mol. The first kappa shape index (κ1) is 15.6. The summed E-state index contributed by atoms with van der Waals surface area (Å²) in [5.41, 5.74) is 0.723. The molecular weight excluding hydrogens is 288 g/mol. The minimum atomic E-state index is -0.478. The zero-order chi connectivity index (χ0) is 15.9. The van der Waals surface area contributed by atoms with E-state index in [4.69, 9.17) is 4.74 Å². The van der Waals surface area contributed by atoms with E-state index in [0.29, 0.717) is 25.4 Å². The second kappa shape index (κ2) is 7.32. The molecule has 0 radical (unpaired) electrons. The lowest BCUT2D eigenvalue weighted by atomic mass is 10.3. The molecule has 116 valence electrons. The Kier molecular flexibility index (Phi) is 5.21. The highest BCUT2D eigenvalue weighted by Gasteiger charge is 2.11. The summed E-state index contributed by atoms with van der Waals surface area (Å²) < 4.78 is 6.55. The van der Waals surface area contributed by atoms with Crippen LogP contribution >= 0.6 is 0 Å². The molecule has 0 aliphatic rings. The zero-order valence-electron chi connectivity index (χ0n) is 12.1. The van der Waals surface area contributed by atoms with Crippen LogP contribution in [0.25, 0.3) is 5.69 Å². The number of carbonyl (C=O) groups excluding carboxylic acids is 1. The molecule has 1 aromatic heterocycles. The molecule has 0 aliphatic carbocycles. The van der Waals surface area contributed by atoms with Crippen LogP contribution in [0.1, 0.15) is 17.4 Å². The number of aromatic nitrogens is 2. The normalized spacial score (nSPS) is 10.4. The average Bonchev–Trinajstić information content (AvgIpc) is 3.01. The van der Waals surface area contributed by atoms with Crippen molar-refractivity contribution in [3.05, 3.63) is 52.3 Å². The summed E-state index contributed by atoms with van der Waals surface area (Å²) in [7, 11) is 0. The summed E-state index contributed by atoms with van der Waals surface area (Å²) >= 11 is 0. The first-order valence-corrected chi connectivity index (χ1v) is 6.78. The molecule has 8 heteroatoms. The van der Waals surface area contributed by atoms with Crippen LogP contribution in [0.2, 0.25) is 0 Å². The minimum absolute atomic E-state index is 0.0317. The number of ether oxygens (including phenoxy) is 1. The summed E-state index contributed by atoms with van der Waals surface area (Å²) in [6, 6.07) is 7.58. The Morgan fingerprint density at radius 3 is 3.00 bits per heavy atom.